The predicted molar refractivity (Wildman–Crippen MR) is 56.0 cm³/mol. The van der Waals surface area contributed by atoms with Gasteiger partial charge < -0.3 is 10.1 Å². The highest BCUT2D eigenvalue weighted by molar-refractivity contribution is 7.20. The molecule has 0 bridgehead atoms. The number of methoxy groups -OCH3 is 1. The molecule has 2 aromatic heterocycles. The molecular weight excluding hydrogens is 200 g/mol. The third kappa shape index (κ3) is 1.85. The van der Waals surface area contributed by atoms with Gasteiger partial charge in [-0.2, -0.15) is 0 Å². The van der Waals surface area contributed by atoms with E-state index in [-0.39, 0.29) is 0 Å². The smallest absolute Gasteiger partial charge is 0.214 e. The summed E-state index contributed by atoms with van der Waals surface area (Å²) in [7, 11) is 1.68. The zero-order valence-electron chi connectivity index (χ0n) is 8.15. The Kier molecular flexibility index (Phi) is 2.64. The quantitative estimate of drug-likeness (QED) is 0.773. The molecule has 0 aliphatic heterocycles. The molecule has 0 saturated carbocycles. The van der Waals surface area contributed by atoms with Crippen LogP contribution in [0.1, 0.15) is 5.69 Å². The van der Waals surface area contributed by atoms with Crippen molar-refractivity contribution in [1.82, 2.24) is 14.6 Å². The molecule has 0 spiro atoms. The zero-order valence-corrected chi connectivity index (χ0v) is 8.97. The molecule has 14 heavy (non-hydrogen) atoms. The number of nitrogens with zero attached hydrogens (tertiary/aromatic N) is 3. The molecule has 0 atom stereocenters. The number of rotatable bonds is 4. The first kappa shape index (κ1) is 9.42. The Morgan fingerprint density at radius 3 is 3.21 bits per heavy atom. The second kappa shape index (κ2) is 3.93. The van der Waals surface area contributed by atoms with Crippen molar-refractivity contribution in [2.45, 2.75) is 6.92 Å². The van der Waals surface area contributed by atoms with E-state index in [1.54, 1.807) is 23.0 Å². The van der Waals surface area contributed by atoms with E-state index in [1.807, 2.05) is 13.1 Å². The first-order valence-electron chi connectivity index (χ1n) is 4.35. The Labute approximate surface area is 85.7 Å². The van der Waals surface area contributed by atoms with Gasteiger partial charge in [-0.05, 0) is 6.92 Å². The van der Waals surface area contributed by atoms with Gasteiger partial charge in [-0.1, -0.05) is 11.3 Å². The number of anilines is 1. The molecule has 6 heteroatoms. The van der Waals surface area contributed by atoms with Gasteiger partial charge in [0.05, 0.1) is 18.5 Å². The molecule has 0 aromatic carbocycles. The zero-order chi connectivity index (χ0) is 9.97. The molecule has 76 valence electrons. The minimum absolute atomic E-state index is 0.681. The Balaban J connectivity index is 2.08. The molecule has 0 radical (unpaired) electrons. The second-order valence-electron chi connectivity index (χ2n) is 2.94. The summed E-state index contributed by atoms with van der Waals surface area (Å²) in [5, 5.41) is 8.35. The molecule has 5 nitrogen and oxygen atoms in total. The second-order valence-corrected chi connectivity index (χ2v) is 3.89. The molecule has 1 N–H and O–H groups in total. The van der Waals surface area contributed by atoms with Gasteiger partial charge in [-0.25, -0.2) is 9.50 Å². The van der Waals surface area contributed by atoms with Crippen LogP contribution in [0.5, 0.6) is 0 Å². The van der Waals surface area contributed by atoms with Gasteiger partial charge in [0, 0.05) is 13.7 Å². The van der Waals surface area contributed by atoms with Crippen molar-refractivity contribution in [2.24, 2.45) is 0 Å². The topological polar surface area (TPSA) is 51.5 Å². The van der Waals surface area contributed by atoms with Crippen LogP contribution in [0.2, 0.25) is 0 Å². The summed E-state index contributed by atoms with van der Waals surface area (Å²) in [6.45, 7) is 3.41. The average molecular weight is 212 g/mol. The Morgan fingerprint density at radius 1 is 1.64 bits per heavy atom. The number of hydrogen-bond donors (Lipinski definition) is 1. The van der Waals surface area contributed by atoms with Gasteiger partial charge in [-0.15, -0.1) is 5.10 Å². The van der Waals surface area contributed by atoms with E-state index in [0.29, 0.717) is 6.61 Å². The standard InChI is InChI=1S/C8H12N4OS/c1-6-5-12-8(10-6)14-7(11-12)9-3-4-13-2/h5H,3-4H2,1-2H3,(H,9,11). The molecule has 2 heterocycles. The first-order valence-corrected chi connectivity index (χ1v) is 5.17. The third-order valence-corrected chi connectivity index (χ3v) is 2.63. The Morgan fingerprint density at radius 2 is 2.50 bits per heavy atom. The highest BCUT2D eigenvalue weighted by Crippen LogP contribution is 2.18. The van der Waals surface area contributed by atoms with Crippen molar-refractivity contribution in [3.63, 3.8) is 0 Å². The van der Waals surface area contributed by atoms with Crippen LogP contribution in [0.15, 0.2) is 6.20 Å². The van der Waals surface area contributed by atoms with Crippen molar-refractivity contribution in [3.8, 4) is 0 Å². The molecule has 2 aromatic rings. The van der Waals surface area contributed by atoms with E-state index in [9.17, 15) is 0 Å². The van der Waals surface area contributed by atoms with Crippen LogP contribution >= 0.6 is 11.3 Å². The summed E-state index contributed by atoms with van der Waals surface area (Å²) in [6.07, 6.45) is 1.91. The summed E-state index contributed by atoms with van der Waals surface area (Å²) in [6, 6.07) is 0. The van der Waals surface area contributed by atoms with Crippen LogP contribution in [0.3, 0.4) is 0 Å². The normalized spacial score (nSPS) is 11.0. The third-order valence-electron chi connectivity index (χ3n) is 1.75. The highest BCUT2D eigenvalue weighted by atomic mass is 32.1. The maximum absolute atomic E-state index is 4.93. The van der Waals surface area contributed by atoms with Gasteiger partial charge in [0.25, 0.3) is 0 Å². The number of imidazole rings is 1. The summed E-state index contributed by atoms with van der Waals surface area (Å²) in [4.78, 5) is 5.23. The number of ether oxygens (including phenoxy) is 1. The van der Waals surface area contributed by atoms with Crippen molar-refractivity contribution in [2.75, 3.05) is 25.6 Å². The van der Waals surface area contributed by atoms with Gasteiger partial charge in [0.2, 0.25) is 10.1 Å². The number of nitrogens with one attached hydrogen (secondary N) is 1. The summed E-state index contributed by atoms with van der Waals surface area (Å²) >= 11 is 1.54. The summed E-state index contributed by atoms with van der Waals surface area (Å²) < 4.78 is 6.72. The number of hydrogen-bond acceptors (Lipinski definition) is 5. The van der Waals surface area contributed by atoms with Crippen molar-refractivity contribution in [1.29, 1.82) is 0 Å². The van der Waals surface area contributed by atoms with Crippen LogP contribution < -0.4 is 5.32 Å². The van der Waals surface area contributed by atoms with E-state index < -0.39 is 0 Å². The molecule has 0 amide bonds. The molecule has 0 saturated heterocycles. The van der Waals surface area contributed by atoms with E-state index in [4.69, 9.17) is 4.74 Å². The van der Waals surface area contributed by atoms with Gasteiger partial charge >= 0.3 is 0 Å². The molecule has 0 aliphatic carbocycles. The fourth-order valence-corrected chi connectivity index (χ4v) is 1.99. The largest absolute Gasteiger partial charge is 0.383 e. The van der Waals surface area contributed by atoms with Crippen LogP contribution in [0.25, 0.3) is 4.96 Å². The minimum Gasteiger partial charge on any atom is -0.383 e. The van der Waals surface area contributed by atoms with E-state index in [2.05, 4.69) is 15.4 Å². The molecular formula is C8H12N4OS. The van der Waals surface area contributed by atoms with E-state index in [0.717, 1.165) is 22.3 Å². The maximum Gasteiger partial charge on any atom is 0.214 e. The van der Waals surface area contributed by atoms with Gasteiger partial charge in [-0.3, -0.25) is 0 Å². The number of aromatic nitrogens is 3. The minimum atomic E-state index is 0.681. The fraction of sp³-hybridized carbons (Fsp3) is 0.500. The van der Waals surface area contributed by atoms with E-state index in [1.165, 1.54) is 0 Å². The van der Waals surface area contributed by atoms with Crippen LogP contribution in [0, 0.1) is 6.92 Å². The number of fused-ring (bicyclic) bond motifs is 1. The lowest BCUT2D eigenvalue weighted by Crippen LogP contribution is -2.07. The SMILES string of the molecule is COCCNc1nn2cc(C)nc2s1. The lowest BCUT2D eigenvalue weighted by molar-refractivity contribution is 0.210. The lowest BCUT2D eigenvalue weighted by Gasteiger charge is -1.98. The summed E-state index contributed by atoms with van der Waals surface area (Å²) in [5.74, 6) is 0. The lowest BCUT2D eigenvalue weighted by atomic mass is 10.6. The van der Waals surface area contributed by atoms with Crippen molar-refractivity contribution >= 4 is 21.4 Å². The monoisotopic (exact) mass is 212 g/mol. The Hall–Kier alpha value is -1.14. The molecule has 0 unspecified atom stereocenters. The van der Waals surface area contributed by atoms with Crippen LogP contribution in [-0.2, 0) is 4.74 Å². The highest BCUT2D eigenvalue weighted by Gasteiger charge is 2.04. The van der Waals surface area contributed by atoms with Gasteiger partial charge in [0.1, 0.15) is 0 Å². The van der Waals surface area contributed by atoms with Gasteiger partial charge in [0.15, 0.2) is 0 Å². The Bertz CT molecular complexity index is 390. The van der Waals surface area contributed by atoms with E-state index >= 15 is 0 Å². The predicted octanol–water partition coefficient (Wildman–Crippen LogP) is 1.16. The summed E-state index contributed by atoms with van der Waals surface area (Å²) in [5.41, 5.74) is 0.993. The fourth-order valence-electron chi connectivity index (χ4n) is 1.14. The van der Waals surface area contributed by atoms with Crippen LogP contribution in [0.4, 0.5) is 5.13 Å². The van der Waals surface area contributed by atoms with Crippen LogP contribution in [-0.4, -0.2) is 34.9 Å². The maximum atomic E-state index is 4.93. The average Bonchev–Trinajstić information content (AvgIpc) is 2.61. The number of aryl methyl sites for hydroxylation is 1. The molecule has 0 aliphatic rings. The first-order chi connectivity index (χ1) is 6.79. The van der Waals surface area contributed by atoms with Crippen molar-refractivity contribution < 1.29 is 4.74 Å². The molecule has 2 rings (SSSR count). The molecule has 0 fully saturated rings. The van der Waals surface area contributed by atoms with Crippen molar-refractivity contribution in [3.05, 3.63) is 11.9 Å².